The summed E-state index contributed by atoms with van der Waals surface area (Å²) in [6.07, 6.45) is 4.00. The fourth-order valence-corrected chi connectivity index (χ4v) is 6.15. The van der Waals surface area contributed by atoms with Crippen LogP contribution in [0.4, 0.5) is 5.69 Å². The van der Waals surface area contributed by atoms with Crippen LogP contribution >= 0.6 is 0 Å². The van der Waals surface area contributed by atoms with E-state index < -0.39 is 0 Å². The molecule has 0 radical (unpaired) electrons. The average molecular weight is 573 g/mol. The highest BCUT2D eigenvalue weighted by molar-refractivity contribution is 6.35. The van der Waals surface area contributed by atoms with Crippen molar-refractivity contribution in [3.05, 3.63) is 161 Å². The molecular weight excluding hydrogens is 544 g/mol. The third kappa shape index (κ3) is 4.29. The maximum Gasteiger partial charge on any atom is 0.268 e. The molecule has 6 aromatic rings. The van der Waals surface area contributed by atoms with Crippen molar-refractivity contribution in [3.63, 3.8) is 0 Å². The molecule has 0 spiro atoms. The molecule has 1 aromatic heterocycles. The number of hydrogen-bond donors (Lipinski definition) is 0. The molecule has 0 bridgehead atoms. The lowest BCUT2D eigenvalue weighted by molar-refractivity contribution is 0.0925. The number of imide groups is 1. The summed E-state index contributed by atoms with van der Waals surface area (Å²) in [4.78, 5) is 42.5. The maximum atomic E-state index is 14.1. The Hall–Kier alpha value is -5.81. The van der Waals surface area contributed by atoms with Crippen LogP contribution in [0.5, 0.6) is 0 Å². The summed E-state index contributed by atoms with van der Waals surface area (Å²) >= 11 is 0. The quantitative estimate of drug-likeness (QED) is 0.148. The van der Waals surface area contributed by atoms with E-state index in [2.05, 4.69) is 0 Å². The van der Waals surface area contributed by atoms with Gasteiger partial charge in [0, 0.05) is 27.8 Å². The molecule has 0 N–H and O–H groups in total. The normalized spacial score (nSPS) is 12.8. The van der Waals surface area contributed by atoms with Crippen molar-refractivity contribution < 1.29 is 14.4 Å². The Morgan fingerprint density at radius 2 is 1.36 bits per heavy atom. The second-order valence-corrected chi connectivity index (χ2v) is 10.8. The molecule has 212 valence electrons. The lowest BCUT2D eigenvalue weighted by atomic mass is 10.0. The number of nitrogens with zero attached hydrogens (tertiary/aromatic N) is 2. The van der Waals surface area contributed by atoms with Gasteiger partial charge >= 0.3 is 0 Å². The molecule has 2 heterocycles. The first kappa shape index (κ1) is 27.0. The summed E-state index contributed by atoms with van der Waals surface area (Å²) in [5.74, 6) is -0.819. The maximum absolute atomic E-state index is 14.1. The van der Waals surface area contributed by atoms with Gasteiger partial charge in [-0.15, -0.1) is 0 Å². The fraction of sp³-hybridized carbons (Fsp3) is 0.0513. The van der Waals surface area contributed by atoms with E-state index in [-0.39, 0.29) is 17.6 Å². The zero-order valence-corrected chi connectivity index (χ0v) is 24.3. The van der Waals surface area contributed by atoms with Crippen molar-refractivity contribution in [1.82, 2.24) is 4.57 Å². The molecule has 5 aromatic carbocycles. The van der Waals surface area contributed by atoms with Crippen LogP contribution in [0.25, 0.3) is 33.8 Å². The van der Waals surface area contributed by atoms with Crippen molar-refractivity contribution in [2.45, 2.75) is 13.8 Å². The molecule has 0 unspecified atom stereocenters. The van der Waals surface area contributed by atoms with Crippen LogP contribution in [0.2, 0.25) is 0 Å². The van der Waals surface area contributed by atoms with Crippen molar-refractivity contribution in [3.8, 4) is 16.8 Å². The highest BCUT2D eigenvalue weighted by Crippen LogP contribution is 2.37. The van der Waals surface area contributed by atoms with E-state index in [4.69, 9.17) is 0 Å². The average Bonchev–Trinajstić information content (AvgIpc) is 3.50. The van der Waals surface area contributed by atoms with E-state index in [9.17, 15) is 14.4 Å². The standard InChI is InChI=1S/C39H28N2O3/c1-3-11-31-25(2)40(35-24-29(20-23-32(31)35)37(42)28-14-8-5-9-15-28)34-17-10-16-33-36(34)39(44)41(38(33)43)30-21-18-27(19-22-30)26-12-6-4-7-13-26/h3-24H,1-2H3/b11-3-. The van der Waals surface area contributed by atoms with Gasteiger partial charge in [0.05, 0.1) is 28.0 Å². The second-order valence-electron chi connectivity index (χ2n) is 10.8. The minimum atomic E-state index is -0.376. The Kier molecular flexibility index (Phi) is 6.63. The molecule has 1 aliphatic heterocycles. The summed E-state index contributed by atoms with van der Waals surface area (Å²) < 4.78 is 2.00. The molecule has 1 aliphatic rings. The monoisotopic (exact) mass is 572 g/mol. The minimum absolute atomic E-state index is 0.0832. The number of amides is 2. The highest BCUT2D eigenvalue weighted by Gasteiger charge is 2.39. The number of benzene rings is 5. The molecule has 2 amide bonds. The number of allylic oxidation sites excluding steroid dienone is 1. The summed E-state index contributed by atoms with van der Waals surface area (Å²) in [5.41, 5.74) is 7.70. The predicted molar refractivity (Wildman–Crippen MR) is 176 cm³/mol. The Labute approximate surface area is 255 Å². The molecular formula is C39H28N2O3. The van der Waals surface area contributed by atoms with E-state index in [1.54, 1.807) is 24.3 Å². The topological polar surface area (TPSA) is 59.4 Å². The number of anilines is 1. The van der Waals surface area contributed by atoms with Crippen molar-refractivity contribution in [2.75, 3.05) is 4.90 Å². The van der Waals surface area contributed by atoms with Crippen LogP contribution in [-0.4, -0.2) is 22.2 Å². The van der Waals surface area contributed by atoms with E-state index in [0.29, 0.717) is 33.6 Å². The van der Waals surface area contributed by atoms with Crippen LogP contribution in [0.3, 0.4) is 0 Å². The van der Waals surface area contributed by atoms with Crippen LogP contribution in [0.15, 0.2) is 127 Å². The lowest BCUT2D eigenvalue weighted by Crippen LogP contribution is -2.29. The van der Waals surface area contributed by atoms with Gasteiger partial charge < -0.3 is 4.57 Å². The molecule has 0 saturated heterocycles. The van der Waals surface area contributed by atoms with Gasteiger partial charge in [0.25, 0.3) is 11.8 Å². The first-order chi connectivity index (χ1) is 21.5. The van der Waals surface area contributed by atoms with Crippen LogP contribution in [-0.2, 0) is 0 Å². The van der Waals surface area contributed by atoms with E-state index in [0.717, 1.165) is 33.3 Å². The predicted octanol–water partition coefficient (Wildman–Crippen LogP) is 8.67. The van der Waals surface area contributed by atoms with E-state index in [1.807, 2.05) is 128 Å². The van der Waals surface area contributed by atoms with Gasteiger partial charge in [-0.05, 0) is 55.3 Å². The molecule has 0 atom stereocenters. The Morgan fingerprint density at radius 1 is 0.682 bits per heavy atom. The van der Waals surface area contributed by atoms with Crippen molar-refractivity contribution in [2.24, 2.45) is 0 Å². The number of aromatic nitrogens is 1. The summed E-state index contributed by atoms with van der Waals surface area (Å²) in [7, 11) is 0. The van der Waals surface area contributed by atoms with E-state index in [1.165, 1.54) is 4.90 Å². The number of fused-ring (bicyclic) bond motifs is 2. The highest BCUT2D eigenvalue weighted by atomic mass is 16.2. The van der Waals surface area contributed by atoms with Gasteiger partial charge in [0.1, 0.15) is 0 Å². The van der Waals surface area contributed by atoms with Gasteiger partial charge in [-0.25, -0.2) is 4.90 Å². The zero-order chi connectivity index (χ0) is 30.4. The fourth-order valence-electron chi connectivity index (χ4n) is 6.15. The molecule has 0 fully saturated rings. The largest absolute Gasteiger partial charge is 0.312 e. The molecule has 0 saturated carbocycles. The smallest absolute Gasteiger partial charge is 0.268 e. The molecule has 0 aliphatic carbocycles. The zero-order valence-electron chi connectivity index (χ0n) is 24.3. The number of hydrogen-bond acceptors (Lipinski definition) is 3. The van der Waals surface area contributed by atoms with Crippen LogP contribution < -0.4 is 4.90 Å². The Balaban J connectivity index is 1.36. The van der Waals surface area contributed by atoms with Crippen LogP contribution in [0.1, 0.15) is 54.8 Å². The first-order valence-corrected chi connectivity index (χ1v) is 14.5. The van der Waals surface area contributed by atoms with Gasteiger partial charge in [0.15, 0.2) is 5.78 Å². The van der Waals surface area contributed by atoms with Crippen LogP contribution in [0, 0.1) is 6.92 Å². The Morgan fingerprint density at radius 3 is 2.07 bits per heavy atom. The number of rotatable bonds is 6. The molecule has 44 heavy (non-hydrogen) atoms. The van der Waals surface area contributed by atoms with Crippen molar-refractivity contribution in [1.29, 1.82) is 0 Å². The number of ketones is 1. The number of carbonyl (C=O) groups excluding carboxylic acids is 3. The first-order valence-electron chi connectivity index (χ1n) is 14.5. The summed E-state index contributed by atoms with van der Waals surface area (Å²) in [6.45, 7) is 3.95. The van der Waals surface area contributed by atoms with Crippen molar-refractivity contribution >= 4 is 40.3 Å². The third-order valence-corrected chi connectivity index (χ3v) is 8.25. The summed E-state index contributed by atoms with van der Waals surface area (Å²) in [6, 6.07) is 37.7. The lowest BCUT2D eigenvalue weighted by Gasteiger charge is -2.16. The number of carbonyl (C=O) groups is 3. The SMILES string of the molecule is C/C=C\c1c(C)n(-c2cccc3c2C(=O)N(c2ccc(-c4ccccc4)cc2)C3=O)c2cc(C(=O)c3ccccc3)ccc12. The van der Waals surface area contributed by atoms with Gasteiger partial charge in [-0.2, -0.15) is 0 Å². The Bertz CT molecular complexity index is 2120. The molecule has 7 rings (SSSR count). The van der Waals surface area contributed by atoms with Gasteiger partial charge in [-0.3, -0.25) is 14.4 Å². The minimum Gasteiger partial charge on any atom is -0.312 e. The third-order valence-electron chi connectivity index (χ3n) is 8.25. The summed E-state index contributed by atoms with van der Waals surface area (Å²) in [5, 5.41) is 0.952. The van der Waals surface area contributed by atoms with E-state index >= 15 is 0 Å². The molecule has 5 heteroatoms. The second kappa shape index (κ2) is 10.8. The molecule has 5 nitrogen and oxygen atoms in total. The van der Waals surface area contributed by atoms with Gasteiger partial charge in [-0.1, -0.05) is 103 Å². The van der Waals surface area contributed by atoms with Gasteiger partial charge in [0.2, 0.25) is 0 Å².